The smallest absolute Gasteiger partial charge is 0.293 e. The predicted molar refractivity (Wildman–Crippen MR) is 149 cm³/mol. The Labute approximate surface area is 239 Å². The summed E-state index contributed by atoms with van der Waals surface area (Å²) in [4.78, 5) is 26.8. The van der Waals surface area contributed by atoms with Crippen LogP contribution >= 0.6 is 57.6 Å². The van der Waals surface area contributed by atoms with Crippen molar-refractivity contribution >= 4 is 74.8 Å². The lowest BCUT2D eigenvalue weighted by Crippen LogP contribution is -2.27. The second kappa shape index (κ2) is 12.0. The molecule has 3 aromatic carbocycles. The van der Waals surface area contributed by atoms with Crippen LogP contribution < -0.4 is 9.47 Å². The van der Waals surface area contributed by atoms with Gasteiger partial charge in [0.05, 0.1) is 26.6 Å². The summed E-state index contributed by atoms with van der Waals surface area (Å²) in [5.74, 6) is -0.678. The molecule has 0 radical (unpaired) electrons. The van der Waals surface area contributed by atoms with Crippen molar-refractivity contribution in [2.75, 3.05) is 6.61 Å². The molecule has 1 aliphatic heterocycles. The van der Waals surface area contributed by atoms with Gasteiger partial charge in [-0.05, 0) is 94.9 Å². The zero-order valence-electron chi connectivity index (χ0n) is 19.2. The van der Waals surface area contributed by atoms with Crippen LogP contribution in [-0.2, 0) is 17.9 Å². The number of benzene rings is 3. The van der Waals surface area contributed by atoms with E-state index in [1.54, 1.807) is 24.3 Å². The Morgan fingerprint density at radius 1 is 1.05 bits per heavy atom. The van der Waals surface area contributed by atoms with E-state index >= 15 is 0 Å². The summed E-state index contributed by atoms with van der Waals surface area (Å²) in [6.45, 7) is 1.97. The van der Waals surface area contributed by atoms with Crippen LogP contribution in [0.5, 0.6) is 11.5 Å². The molecular weight excluding hydrogens is 658 g/mol. The van der Waals surface area contributed by atoms with E-state index in [0.29, 0.717) is 32.8 Å². The number of nitrogens with zero attached hydrogens (tertiary/aromatic N) is 1. The minimum atomic E-state index is -0.507. The first-order valence-electron chi connectivity index (χ1n) is 10.9. The third kappa shape index (κ3) is 6.39. The fraction of sp³-hybridized carbons (Fsp3) is 0.154. The SMILES string of the molecule is CCOc1cc(/C=C2\SC(=O)N(Cc3ccc(F)cc3Cl)C2=O)cc(I)c1OCc1c(F)cccc1Cl. The highest BCUT2D eigenvalue weighted by Crippen LogP contribution is 2.39. The summed E-state index contributed by atoms with van der Waals surface area (Å²) in [5.41, 5.74) is 1.28. The lowest BCUT2D eigenvalue weighted by Gasteiger charge is -2.16. The molecule has 4 rings (SSSR count). The highest BCUT2D eigenvalue weighted by atomic mass is 127. The number of hydrogen-bond acceptors (Lipinski definition) is 5. The first-order chi connectivity index (χ1) is 17.7. The predicted octanol–water partition coefficient (Wildman–Crippen LogP) is 8.09. The lowest BCUT2D eigenvalue weighted by molar-refractivity contribution is -0.123. The number of carbonyl (C=O) groups is 2. The van der Waals surface area contributed by atoms with Crippen LogP contribution in [0.25, 0.3) is 6.08 Å². The third-order valence-corrected chi connectivity index (χ3v) is 7.68. The number of carbonyl (C=O) groups excluding carboxylic acids is 2. The Morgan fingerprint density at radius 2 is 1.84 bits per heavy atom. The van der Waals surface area contributed by atoms with E-state index in [0.717, 1.165) is 22.7 Å². The molecule has 192 valence electrons. The number of imide groups is 1. The summed E-state index contributed by atoms with van der Waals surface area (Å²) >= 11 is 15.0. The standard InChI is InChI=1S/C26H18Cl2F2INO4S/c1-2-35-22-9-14(8-21(31)24(22)36-13-17-18(27)4-3-5-20(17)30)10-23-25(33)32(26(34)37-23)12-15-6-7-16(29)11-19(15)28/h3-11H,2,12-13H2,1H3/b23-10-. The molecule has 1 fully saturated rings. The van der Waals surface area contributed by atoms with Gasteiger partial charge in [0.2, 0.25) is 0 Å². The maximum absolute atomic E-state index is 14.2. The van der Waals surface area contributed by atoms with Gasteiger partial charge in [0, 0.05) is 10.6 Å². The Balaban J connectivity index is 1.58. The van der Waals surface area contributed by atoms with E-state index < -0.39 is 22.8 Å². The first-order valence-corrected chi connectivity index (χ1v) is 13.5. The number of ether oxygens (including phenoxy) is 2. The van der Waals surface area contributed by atoms with Crippen molar-refractivity contribution in [3.8, 4) is 11.5 Å². The van der Waals surface area contributed by atoms with Crippen molar-refractivity contribution < 1.29 is 27.8 Å². The number of rotatable bonds is 8. The molecule has 0 atom stereocenters. The quantitative estimate of drug-likeness (QED) is 0.179. The average molecular weight is 676 g/mol. The Hall–Kier alpha value is -2.34. The van der Waals surface area contributed by atoms with Crippen molar-refractivity contribution in [3.05, 3.63) is 95.4 Å². The van der Waals surface area contributed by atoms with Crippen LogP contribution in [-0.4, -0.2) is 22.7 Å². The van der Waals surface area contributed by atoms with E-state index in [1.165, 1.54) is 24.3 Å². The lowest BCUT2D eigenvalue weighted by atomic mass is 10.1. The molecule has 0 bridgehead atoms. The Kier molecular flexibility index (Phi) is 8.99. The van der Waals surface area contributed by atoms with Gasteiger partial charge in [0.1, 0.15) is 18.2 Å². The first kappa shape index (κ1) is 27.7. The monoisotopic (exact) mass is 675 g/mol. The number of amides is 2. The molecule has 0 saturated carbocycles. The van der Waals surface area contributed by atoms with Gasteiger partial charge in [-0.1, -0.05) is 35.3 Å². The maximum atomic E-state index is 14.2. The summed E-state index contributed by atoms with van der Waals surface area (Å²) in [7, 11) is 0. The fourth-order valence-corrected chi connectivity index (χ4v) is 5.56. The normalized spacial score (nSPS) is 14.5. The van der Waals surface area contributed by atoms with Gasteiger partial charge >= 0.3 is 0 Å². The van der Waals surface area contributed by atoms with Crippen molar-refractivity contribution in [3.63, 3.8) is 0 Å². The number of halogens is 5. The fourth-order valence-electron chi connectivity index (χ4n) is 3.50. The van der Waals surface area contributed by atoms with E-state index in [-0.39, 0.29) is 33.7 Å². The van der Waals surface area contributed by atoms with Crippen LogP contribution in [0.4, 0.5) is 13.6 Å². The molecule has 0 N–H and O–H groups in total. The minimum absolute atomic E-state index is 0.0752. The van der Waals surface area contributed by atoms with Crippen LogP contribution in [0.3, 0.4) is 0 Å². The number of hydrogen-bond donors (Lipinski definition) is 0. The molecule has 0 unspecified atom stereocenters. The minimum Gasteiger partial charge on any atom is -0.490 e. The molecule has 1 saturated heterocycles. The van der Waals surface area contributed by atoms with Crippen LogP contribution in [0.1, 0.15) is 23.6 Å². The Morgan fingerprint density at radius 3 is 2.54 bits per heavy atom. The van der Waals surface area contributed by atoms with Gasteiger partial charge in [-0.2, -0.15) is 0 Å². The van der Waals surface area contributed by atoms with Crippen LogP contribution in [0, 0.1) is 15.2 Å². The van der Waals surface area contributed by atoms with E-state index in [4.69, 9.17) is 32.7 Å². The molecule has 37 heavy (non-hydrogen) atoms. The largest absolute Gasteiger partial charge is 0.490 e. The zero-order chi connectivity index (χ0) is 26.7. The molecule has 1 aliphatic rings. The average Bonchev–Trinajstić information content (AvgIpc) is 3.09. The van der Waals surface area contributed by atoms with Gasteiger partial charge in [0.15, 0.2) is 11.5 Å². The summed E-state index contributed by atoms with van der Waals surface area (Å²) < 4.78 is 39.8. The van der Waals surface area contributed by atoms with Gasteiger partial charge in [0.25, 0.3) is 11.1 Å². The molecule has 3 aromatic rings. The van der Waals surface area contributed by atoms with Crippen molar-refractivity contribution in [2.45, 2.75) is 20.1 Å². The van der Waals surface area contributed by atoms with Gasteiger partial charge in [-0.15, -0.1) is 0 Å². The Bertz CT molecular complexity index is 1400. The van der Waals surface area contributed by atoms with Gasteiger partial charge < -0.3 is 9.47 Å². The van der Waals surface area contributed by atoms with E-state index in [1.807, 2.05) is 6.92 Å². The van der Waals surface area contributed by atoms with Gasteiger partial charge in [-0.25, -0.2) is 8.78 Å². The zero-order valence-corrected chi connectivity index (χ0v) is 23.7. The van der Waals surface area contributed by atoms with Crippen molar-refractivity contribution in [1.82, 2.24) is 4.90 Å². The number of thioether (sulfide) groups is 1. The topological polar surface area (TPSA) is 55.8 Å². The molecule has 0 spiro atoms. The molecule has 5 nitrogen and oxygen atoms in total. The second-order valence-electron chi connectivity index (χ2n) is 7.76. The summed E-state index contributed by atoms with van der Waals surface area (Å²) in [6, 6.07) is 11.6. The second-order valence-corrected chi connectivity index (χ2v) is 10.7. The van der Waals surface area contributed by atoms with Crippen LogP contribution in [0.15, 0.2) is 53.4 Å². The summed E-state index contributed by atoms with van der Waals surface area (Å²) in [6.07, 6.45) is 1.58. The van der Waals surface area contributed by atoms with Crippen molar-refractivity contribution in [1.29, 1.82) is 0 Å². The molecule has 0 aromatic heterocycles. The van der Waals surface area contributed by atoms with E-state index in [2.05, 4.69) is 22.6 Å². The van der Waals surface area contributed by atoms with E-state index in [9.17, 15) is 18.4 Å². The molecule has 11 heteroatoms. The maximum Gasteiger partial charge on any atom is 0.293 e. The highest BCUT2D eigenvalue weighted by molar-refractivity contribution is 14.1. The highest BCUT2D eigenvalue weighted by Gasteiger charge is 2.35. The summed E-state index contributed by atoms with van der Waals surface area (Å²) in [5, 5.41) is -0.0773. The third-order valence-electron chi connectivity index (χ3n) is 5.27. The molecule has 1 heterocycles. The van der Waals surface area contributed by atoms with Crippen molar-refractivity contribution in [2.24, 2.45) is 0 Å². The van der Waals surface area contributed by atoms with Crippen LogP contribution in [0.2, 0.25) is 10.0 Å². The molecular formula is C26H18Cl2F2INO4S. The molecule has 2 amide bonds. The molecule has 0 aliphatic carbocycles. The van der Waals surface area contributed by atoms with Gasteiger partial charge in [-0.3, -0.25) is 14.5 Å².